The number of carboxylic acid groups (broad SMARTS) is 1. The highest BCUT2D eigenvalue weighted by Crippen LogP contribution is 2.26. The highest BCUT2D eigenvalue weighted by Gasteiger charge is 2.08. The van der Waals surface area contributed by atoms with Crippen LogP contribution in [0.3, 0.4) is 0 Å². The lowest BCUT2D eigenvalue weighted by Gasteiger charge is -2.10. The fraction of sp³-hybridized carbons (Fsp3) is 0. The van der Waals surface area contributed by atoms with E-state index < -0.39 is 11.7 Å². The molecule has 3 N–H and O–H groups in total. The average molecular weight is 358 g/mol. The van der Waals surface area contributed by atoms with E-state index in [1.165, 1.54) is 0 Å². The van der Waals surface area contributed by atoms with E-state index in [1.807, 2.05) is 36.4 Å². The number of aromatic amines is 1. The number of pyridine rings is 1. The Morgan fingerprint density at radius 2 is 1.78 bits per heavy atom. The highest BCUT2D eigenvalue weighted by molar-refractivity contribution is 5.90. The Hall–Kier alpha value is -4.00. The van der Waals surface area contributed by atoms with Crippen molar-refractivity contribution in [1.82, 2.24) is 15.0 Å². The van der Waals surface area contributed by atoms with E-state index in [2.05, 4.69) is 20.3 Å². The van der Waals surface area contributed by atoms with Gasteiger partial charge in [0, 0.05) is 11.9 Å². The van der Waals surface area contributed by atoms with Crippen molar-refractivity contribution in [3.8, 4) is 11.1 Å². The third kappa shape index (κ3) is 3.38. The molecule has 2 aromatic carbocycles. The van der Waals surface area contributed by atoms with Gasteiger partial charge in [0.15, 0.2) is 5.65 Å². The van der Waals surface area contributed by atoms with Crippen LogP contribution in [0.2, 0.25) is 0 Å². The van der Waals surface area contributed by atoms with E-state index in [-0.39, 0.29) is 5.56 Å². The predicted octanol–water partition coefficient (Wildman–Crippen LogP) is 3.43. The van der Waals surface area contributed by atoms with Crippen LogP contribution < -0.4 is 11.0 Å². The van der Waals surface area contributed by atoms with Gasteiger partial charge in [0.2, 0.25) is 0 Å². The van der Waals surface area contributed by atoms with Crippen LogP contribution in [0.5, 0.6) is 0 Å². The maximum absolute atomic E-state index is 11.8. The molecule has 0 fully saturated rings. The summed E-state index contributed by atoms with van der Waals surface area (Å²) in [4.78, 5) is 33.6. The Labute approximate surface area is 153 Å². The summed E-state index contributed by atoms with van der Waals surface area (Å²) in [7, 11) is 0. The first-order valence-electron chi connectivity index (χ1n) is 8.16. The first kappa shape index (κ1) is 16.5. The van der Waals surface area contributed by atoms with Crippen LogP contribution in [0.15, 0.2) is 71.7 Å². The summed E-state index contributed by atoms with van der Waals surface area (Å²) in [5.41, 5.74) is 2.46. The third-order valence-corrected chi connectivity index (χ3v) is 4.07. The zero-order valence-corrected chi connectivity index (χ0v) is 14.0. The van der Waals surface area contributed by atoms with E-state index >= 15 is 0 Å². The molecule has 7 heteroatoms. The molecule has 0 aliphatic carbocycles. The monoisotopic (exact) mass is 358 g/mol. The molecule has 27 heavy (non-hydrogen) atoms. The molecule has 0 unspecified atom stereocenters. The van der Waals surface area contributed by atoms with Crippen LogP contribution in [-0.4, -0.2) is 26.0 Å². The molecule has 0 spiro atoms. The predicted molar refractivity (Wildman–Crippen MR) is 102 cm³/mol. The highest BCUT2D eigenvalue weighted by atomic mass is 16.4. The molecule has 0 bridgehead atoms. The topological polar surface area (TPSA) is 108 Å². The fourth-order valence-corrected chi connectivity index (χ4v) is 2.83. The van der Waals surface area contributed by atoms with Crippen LogP contribution in [0.4, 0.5) is 11.5 Å². The largest absolute Gasteiger partial charge is 0.478 e. The lowest BCUT2D eigenvalue weighted by atomic mass is 10.0. The lowest BCUT2D eigenvalue weighted by Crippen LogP contribution is -2.13. The molecule has 0 saturated carbocycles. The van der Waals surface area contributed by atoms with E-state index in [4.69, 9.17) is 0 Å². The zero-order chi connectivity index (χ0) is 18.8. The normalized spacial score (nSPS) is 10.7. The third-order valence-electron chi connectivity index (χ3n) is 4.07. The molecule has 2 aromatic heterocycles. The number of aromatic carboxylic acids is 1. The van der Waals surface area contributed by atoms with Crippen molar-refractivity contribution >= 4 is 28.5 Å². The molecular weight excluding hydrogens is 344 g/mol. The molecule has 0 saturated heterocycles. The molecule has 2 heterocycles. The number of rotatable bonds is 4. The molecule has 0 aliphatic heterocycles. The summed E-state index contributed by atoms with van der Waals surface area (Å²) in [6.45, 7) is 0. The summed E-state index contributed by atoms with van der Waals surface area (Å²) in [6, 6.07) is 17.8. The smallest absolute Gasteiger partial charge is 0.348 e. The number of hydrogen-bond donors (Lipinski definition) is 3. The SMILES string of the molecule is O=C(O)c1cccc(-c2cccc(Nc3[nH]c(=O)nc4ncccc34)c2)c1. The van der Waals surface area contributed by atoms with Crippen molar-refractivity contribution in [2.24, 2.45) is 0 Å². The van der Waals surface area contributed by atoms with Gasteiger partial charge in [-0.15, -0.1) is 0 Å². The molecule has 0 aliphatic rings. The number of hydrogen-bond acceptors (Lipinski definition) is 5. The minimum Gasteiger partial charge on any atom is -0.478 e. The van der Waals surface area contributed by atoms with Gasteiger partial charge in [0.05, 0.1) is 10.9 Å². The molecule has 132 valence electrons. The minimum atomic E-state index is -0.973. The molecule has 4 aromatic rings. The molecule has 4 rings (SSSR count). The second-order valence-electron chi connectivity index (χ2n) is 5.88. The Balaban J connectivity index is 1.73. The molecule has 0 amide bonds. The fourth-order valence-electron chi connectivity index (χ4n) is 2.83. The maximum Gasteiger partial charge on any atom is 0.348 e. The molecule has 0 radical (unpaired) electrons. The summed E-state index contributed by atoms with van der Waals surface area (Å²) >= 11 is 0. The van der Waals surface area contributed by atoms with E-state index in [0.717, 1.165) is 16.8 Å². The summed E-state index contributed by atoms with van der Waals surface area (Å²) in [6.07, 6.45) is 1.58. The standard InChI is InChI=1S/C20H14N4O3/c25-19(26)14-6-1-4-12(10-14)13-5-2-7-15(11-13)22-18-16-8-3-9-21-17(16)23-20(27)24-18/h1-11H,(H,25,26)(H2,21,22,23,24,27). The van der Waals surface area contributed by atoms with Crippen molar-refractivity contribution in [1.29, 1.82) is 0 Å². The summed E-state index contributed by atoms with van der Waals surface area (Å²) < 4.78 is 0. The number of anilines is 2. The minimum absolute atomic E-state index is 0.224. The first-order valence-corrected chi connectivity index (χ1v) is 8.16. The second kappa shape index (κ2) is 6.72. The Morgan fingerprint density at radius 1 is 1.00 bits per heavy atom. The van der Waals surface area contributed by atoms with Crippen LogP contribution in [0.25, 0.3) is 22.2 Å². The van der Waals surface area contributed by atoms with Crippen LogP contribution in [0.1, 0.15) is 10.4 Å². The van der Waals surface area contributed by atoms with Gasteiger partial charge in [0.1, 0.15) is 5.82 Å². The summed E-state index contributed by atoms with van der Waals surface area (Å²) in [5.74, 6) is -0.478. The Bertz CT molecular complexity index is 1220. The van der Waals surface area contributed by atoms with Gasteiger partial charge in [-0.1, -0.05) is 24.3 Å². The van der Waals surface area contributed by atoms with Gasteiger partial charge in [-0.05, 0) is 47.5 Å². The zero-order valence-electron chi connectivity index (χ0n) is 14.0. The number of fused-ring (bicyclic) bond motifs is 1. The van der Waals surface area contributed by atoms with Gasteiger partial charge < -0.3 is 10.4 Å². The Kier molecular flexibility index (Phi) is 4.10. The van der Waals surface area contributed by atoms with Gasteiger partial charge in [-0.2, -0.15) is 4.98 Å². The van der Waals surface area contributed by atoms with Crippen LogP contribution in [-0.2, 0) is 0 Å². The number of benzene rings is 2. The average Bonchev–Trinajstić information content (AvgIpc) is 2.68. The quantitative estimate of drug-likeness (QED) is 0.516. The lowest BCUT2D eigenvalue weighted by molar-refractivity contribution is 0.0697. The van der Waals surface area contributed by atoms with E-state index in [0.29, 0.717) is 16.9 Å². The number of nitrogens with one attached hydrogen (secondary N) is 2. The van der Waals surface area contributed by atoms with Crippen LogP contribution >= 0.6 is 0 Å². The molecule has 7 nitrogen and oxygen atoms in total. The van der Waals surface area contributed by atoms with Gasteiger partial charge in [-0.3, -0.25) is 4.98 Å². The summed E-state index contributed by atoms with van der Waals surface area (Å²) in [5, 5.41) is 13.0. The van der Waals surface area contributed by atoms with Crippen molar-refractivity contribution in [3.05, 3.63) is 82.9 Å². The second-order valence-corrected chi connectivity index (χ2v) is 5.88. The van der Waals surface area contributed by atoms with Gasteiger partial charge in [-0.25, -0.2) is 14.6 Å². The van der Waals surface area contributed by atoms with Crippen molar-refractivity contribution in [2.45, 2.75) is 0 Å². The molecule has 0 atom stereocenters. The Morgan fingerprint density at radius 3 is 2.59 bits per heavy atom. The number of carbonyl (C=O) groups is 1. The van der Waals surface area contributed by atoms with Gasteiger partial charge in [0.25, 0.3) is 0 Å². The number of carboxylic acids is 1. The van der Waals surface area contributed by atoms with Crippen molar-refractivity contribution in [2.75, 3.05) is 5.32 Å². The van der Waals surface area contributed by atoms with E-state index in [9.17, 15) is 14.7 Å². The number of nitrogens with zero attached hydrogens (tertiary/aromatic N) is 2. The maximum atomic E-state index is 11.8. The first-order chi connectivity index (χ1) is 13.1. The van der Waals surface area contributed by atoms with E-state index in [1.54, 1.807) is 30.5 Å². The number of aromatic nitrogens is 3. The van der Waals surface area contributed by atoms with Crippen molar-refractivity contribution in [3.63, 3.8) is 0 Å². The number of H-pyrrole nitrogens is 1. The van der Waals surface area contributed by atoms with Gasteiger partial charge >= 0.3 is 11.7 Å². The van der Waals surface area contributed by atoms with Crippen molar-refractivity contribution < 1.29 is 9.90 Å². The molecular formula is C20H14N4O3. The van der Waals surface area contributed by atoms with Crippen LogP contribution in [0, 0.1) is 0 Å².